The number of amides is 3. The number of nitrogens with zero attached hydrogens (tertiary/aromatic N) is 1. The first-order valence-corrected chi connectivity index (χ1v) is 5.76. The Morgan fingerprint density at radius 2 is 1.78 bits per heavy atom. The van der Waals surface area contributed by atoms with Crippen molar-refractivity contribution in [2.75, 3.05) is 20.1 Å². The first-order valence-electron chi connectivity index (χ1n) is 5.76. The van der Waals surface area contributed by atoms with Gasteiger partial charge in [-0.25, -0.2) is 4.79 Å². The average molecular weight is 259 g/mol. The van der Waals surface area contributed by atoms with E-state index in [0.717, 1.165) is 0 Å². The second kappa shape index (κ2) is 7.52. The summed E-state index contributed by atoms with van der Waals surface area (Å²) >= 11 is 0. The van der Waals surface area contributed by atoms with Crippen LogP contribution in [0.4, 0.5) is 4.79 Å². The lowest BCUT2D eigenvalue weighted by Crippen LogP contribution is -2.51. The van der Waals surface area contributed by atoms with Crippen molar-refractivity contribution in [1.29, 1.82) is 0 Å². The Morgan fingerprint density at radius 3 is 2.17 bits per heavy atom. The van der Waals surface area contributed by atoms with Gasteiger partial charge in [0.2, 0.25) is 5.91 Å². The summed E-state index contributed by atoms with van der Waals surface area (Å²) < 4.78 is 0. The molecular weight excluding hydrogens is 238 g/mol. The highest BCUT2D eigenvalue weighted by Gasteiger charge is 2.21. The van der Waals surface area contributed by atoms with Crippen LogP contribution >= 0.6 is 0 Å². The van der Waals surface area contributed by atoms with Crippen LogP contribution in [0.3, 0.4) is 0 Å². The molecule has 0 spiro atoms. The van der Waals surface area contributed by atoms with Crippen LogP contribution in [0.15, 0.2) is 0 Å². The van der Waals surface area contributed by atoms with Crippen LogP contribution in [0.25, 0.3) is 0 Å². The van der Waals surface area contributed by atoms with E-state index in [0.29, 0.717) is 6.54 Å². The number of carboxylic acid groups (broad SMARTS) is 1. The van der Waals surface area contributed by atoms with E-state index >= 15 is 0 Å². The Bertz CT molecular complexity index is 317. The maximum atomic E-state index is 11.8. The van der Waals surface area contributed by atoms with E-state index in [9.17, 15) is 14.4 Å². The Labute approximate surface area is 107 Å². The molecule has 0 aromatic carbocycles. The van der Waals surface area contributed by atoms with Gasteiger partial charge in [0.25, 0.3) is 0 Å². The molecule has 7 nitrogen and oxygen atoms in total. The van der Waals surface area contributed by atoms with Gasteiger partial charge in [0, 0.05) is 13.6 Å². The first kappa shape index (κ1) is 16.2. The number of urea groups is 1. The summed E-state index contributed by atoms with van der Waals surface area (Å²) in [6.45, 7) is 5.22. The van der Waals surface area contributed by atoms with Crippen LogP contribution in [0.5, 0.6) is 0 Å². The number of carboxylic acids is 1. The Hall–Kier alpha value is -1.79. The minimum absolute atomic E-state index is 0.144. The summed E-state index contributed by atoms with van der Waals surface area (Å²) in [5.74, 6) is -1.27. The lowest BCUT2D eigenvalue weighted by molar-refractivity contribution is -0.137. The summed E-state index contributed by atoms with van der Waals surface area (Å²) in [7, 11) is 1.47. The third kappa shape index (κ3) is 6.07. The van der Waals surface area contributed by atoms with E-state index in [1.165, 1.54) is 18.9 Å². The van der Waals surface area contributed by atoms with E-state index in [2.05, 4.69) is 10.6 Å². The number of aliphatic carboxylic acids is 1. The first-order chi connectivity index (χ1) is 8.27. The molecule has 0 saturated carbocycles. The van der Waals surface area contributed by atoms with Crippen LogP contribution in [-0.4, -0.2) is 54.1 Å². The molecule has 0 aliphatic carbocycles. The van der Waals surface area contributed by atoms with Gasteiger partial charge in [0.05, 0.1) is 0 Å². The molecule has 0 aromatic heterocycles. The summed E-state index contributed by atoms with van der Waals surface area (Å²) in [6.07, 6.45) is 0. The lowest BCUT2D eigenvalue weighted by Gasteiger charge is -2.24. The van der Waals surface area contributed by atoms with Crippen molar-refractivity contribution in [3.05, 3.63) is 0 Å². The molecule has 0 aliphatic rings. The molecule has 3 N–H and O–H groups in total. The molecule has 1 unspecified atom stereocenters. The van der Waals surface area contributed by atoms with E-state index in [1.807, 2.05) is 13.8 Å². The van der Waals surface area contributed by atoms with Gasteiger partial charge in [-0.15, -0.1) is 0 Å². The second-order valence-corrected chi connectivity index (χ2v) is 4.45. The number of hydrogen-bond donors (Lipinski definition) is 3. The molecular formula is C11H21N3O4. The van der Waals surface area contributed by atoms with Gasteiger partial charge in [-0.1, -0.05) is 13.8 Å². The van der Waals surface area contributed by atoms with E-state index < -0.39 is 18.0 Å². The van der Waals surface area contributed by atoms with Gasteiger partial charge in [-0.05, 0) is 12.8 Å². The fourth-order valence-electron chi connectivity index (χ4n) is 1.38. The molecule has 0 fully saturated rings. The summed E-state index contributed by atoms with van der Waals surface area (Å²) in [5.41, 5.74) is 0. The predicted molar refractivity (Wildman–Crippen MR) is 66.1 cm³/mol. The van der Waals surface area contributed by atoms with Gasteiger partial charge < -0.3 is 20.6 Å². The molecule has 18 heavy (non-hydrogen) atoms. The van der Waals surface area contributed by atoms with E-state index in [1.54, 1.807) is 0 Å². The van der Waals surface area contributed by atoms with Crippen molar-refractivity contribution in [2.45, 2.75) is 26.8 Å². The summed E-state index contributed by atoms with van der Waals surface area (Å²) in [6, 6.07) is -1.26. The molecule has 104 valence electrons. The van der Waals surface area contributed by atoms with Crippen LogP contribution < -0.4 is 10.6 Å². The third-order valence-electron chi connectivity index (χ3n) is 2.18. The van der Waals surface area contributed by atoms with Crippen LogP contribution in [0.1, 0.15) is 20.8 Å². The number of carbonyl (C=O) groups is 3. The van der Waals surface area contributed by atoms with Crippen LogP contribution in [0.2, 0.25) is 0 Å². The minimum Gasteiger partial charge on any atom is -0.480 e. The normalized spacial score (nSPS) is 11.8. The lowest BCUT2D eigenvalue weighted by atomic mass is 10.2. The number of likely N-dealkylation sites (N-methyl/N-ethyl adjacent to an activating group) is 1. The minimum atomic E-state index is -1.08. The van der Waals surface area contributed by atoms with Crippen molar-refractivity contribution in [3.63, 3.8) is 0 Å². The van der Waals surface area contributed by atoms with E-state index in [4.69, 9.17) is 5.11 Å². The Morgan fingerprint density at radius 1 is 1.22 bits per heavy atom. The van der Waals surface area contributed by atoms with Gasteiger partial charge in [0.1, 0.15) is 12.6 Å². The quantitative estimate of drug-likeness (QED) is 0.619. The summed E-state index contributed by atoms with van der Waals surface area (Å²) in [5, 5.41) is 13.6. The predicted octanol–water partition coefficient (Wildman–Crippen LogP) is -0.127. The smallest absolute Gasteiger partial charge is 0.323 e. The van der Waals surface area contributed by atoms with Gasteiger partial charge in [0.15, 0.2) is 0 Å². The fourth-order valence-corrected chi connectivity index (χ4v) is 1.38. The van der Waals surface area contributed by atoms with E-state index in [-0.39, 0.29) is 18.4 Å². The van der Waals surface area contributed by atoms with Crippen molar-refractivity contribution in [1.82, 2.24) is 15.5 Å². The maximum Gasteiger partial charge on any atom is 0.323 e. The zero-order chi connectivity index (χ0) is 14.3. The molecule has 1 atom stereocenters. The van der Waals surface area contributed by atoms with Gasteiger partial charge >= 0.3 is 12.0 Å². The number of carbonyl (C=O) groups excluding carboxylic acids is 2. The molecule has 7 heteroatoms. The highest BCUT2D eigenvalue weighted by Crippen LogP contribution is 2.00. The molecule has 0 heterocycles. The molecule has 0 aliphatic heterocycles. The average Bonchev–Trinajstić information content (AvgIpc) is 2.25. The zero-order valence-electron chi connectivity index (χ0n) is 11.2. The van der Waals surface area contributed by atoms with Crippen molar-refractivity contribution in [3.8, 4) is 0 Å². The van der Waals surface area contributed by atoms with Crippen LogP contribution in [-0.2, 0) is 9.59 Å². The monoisotopic (exact) mass is 259 g/mol. The molecule has 0 bridgehead atoms. The van der Waals surface area contributed by atoms with Crippen molar-refractivity contribution < 1.29 is 19.5 Å². The highest BCUT2D eigenvalue weighted by atomic mass is 16.4. The maximum absolute atomic E-state index is 11.8. The largest absolute Gasteiger partial charge is 0.480 e. The topological polar surface area (TPSA) is 98.7 Å². The highest BCUT2D eigenvalue weighted by molar-refractivity contribution is 5.87. The number of hydrogen-bond acceptors (Lipinski definition) is 3. The molecule has 0 radical (unpaired) electrons. The molecule has 0 aromatic rings. The third-order valence-corrected chi connectivity index (χ3v) is 2.18. The van der Waals surface area contributed by atoms with Crippen molar-refractivity contribution in [2.24, 2.45) is 5.92 Å². The molecule has 0 saturated heterocycles. The summed E-state index contributed by atoms with van der Waals surface area (Å²) in [4.78, 5) is 34.9. The van der Waals surface area contributed by atoms with Gasteiger partial charge in [-0.2, -0.15) is 0 Å². The Kier molecular flexibility index (Phi) is 6.77. The second-order valence-electron chi connectivity index (χ2n) is 4.45. The fraction of sp³-hybridized carbons (Fsp3) is 0.727. The standard InChI is InChI=1S/C11H21N3O4/c1-7(2)5-14(6-9(15)16)11(18)13-8(3)10(17)12-4/h7-8H,5-6H2,1-4H3,(H,12,17)(H,13,18)(H,15,16). The SMILES string of the molecule is CNC(=O)C(C)NC(=O)N(CC(=O)O)CC(C)C. The number of rotatable bonds is 6. The number of nitrogens with one attached hydrogen (secondary N) is 2. The molecule has 3 amide bonds. The Balaban J connectivity index is 4.54. The molecule has 0 rings (SSSR count). The van der Waals surface area contributed by atoms with Crippen molar-refractivity contribution >= 4 is 17.9 Å². The van der Waals surface area contributed by atoms with Crippen LogP contribution in [0, 0.1) is 5.92 Å². The zero-order valence-corrected chi connectivity index (χ0v) is 11.2. The van der Waals surface area contributed by atoms with Gasteiger partial charge in [-0.3, -0.25) is 9.59 Å².